The number of thioether (sulfide) groups is 8. The number of ether oxygens (including phenoxy) is 1. The van der Waals surface area contributed by atoms with Crippen LogP contribution in [0.1, 0.15) is 13.3 Å². The summed E-state index contributed by atoms with van der Waals surface area (Å²) in [6.07, 6.45) is 0.942. The number of esters is 1. The fourth-order valence-electron chi connectivity index (χ4n) is 2.15. The van der Waals surface area contributed by atoms with Gasteiger partial charge in [0.15, 0.2) is 0 Å². The molecule has 0 radical (unpaired) electrons. The summed E-state index contributed by atoms with van der Waals surface area (Å²) in [5.74, 6) is 3.42. The second kappa shape index (κ2) is 8.67. The molecule has 4 aliphatic heterocycles. The maximum Gasteiger partial charge on any atom is 0.302 e. The molecular weight excluding hydrogens is 457 g/mol. The van der Waals surface area contributed by atoms with E-state index in [4.69, 9.17) is 4.74 Å². The maximum absolute atomic E-state index is 10.9. The highest BCUT2D eigenvalue weighted by molar-refractivity contribution is 8.45. The summed E-state index contributed by atoms with van der Waals surface area (Å²) >= 11 is 15.8. The van der Waals surface area contributed by atoms with Crippen LogP contribution in [0.15, 0.2) is 25.4 Å². The molecule has 4 heterocycles. The normalized spacial score (nSPS) is 26.8. The molecule has 1 atom stereocenters. The van der Waals surface area contributed by atoms with Crippen molar-refractivity contribution in [1.29, 1.82) is 0 Å². The van der Waals surface area contributed by atoms with Crippen LogP contribution < -0.4 is 0 Å². The molecule has 24 heavy (non-hydrogen) atoms. The van der Waals surface area contributed by atoms with E-state index >= 15 is 0 Å². The van der Waals surface area contributed by atoms with E-state index in [9.17, 15) is 4.79 Å². The van der Waals surface area contributed by atoms with Gasteiger partial charge < -0.3 is 4.74 Å². The summed E-state index contributed by atoms with van der Waals surface area (Å²) in [6, 6.07) is 0. The smallest absolute Gasteiger partial charge is 0.302 e. The lowest BCUT2D eigenvalue weighted by molar-refractivity contribution is -0.141. The molecule has 0 saturated heterocycles. The van der Waals surface area contributed by atoms with Crippen LogP contribution >= 0.6 is 94.1 Å². The molecule has 4 rings (SSSR count). The fourth-order valence-corrected chi connectivity index (χ4v) is 14.8. The van der Waals surface area contributed by atoms with E-state index in [2.05, 4.69) is 0 Å². The Labute approximate surface area is 176 Å². The molecular formula is C14H14O2S8. The Morgan fingerprint density at radius 2 is 1.50 bits per heavy atom. The standard InChI is InChI=1S/C14H14O2S8/c1-7(15)16-3-2-8-6-19-11-12(20-8)24-14(23-11)13-21-9-10(22-13)18-5-4-17-9/h8H,2-6H2,1H3. The zero-order valence-electron chi connectivity index (χ0n) is 12.7. The van der Waals surface area contributed by atoms with Gasteiger partial charge in [0.25, 0.3) is 0 Å². The minimum Gasteiger partial charge on any atom is -0.466 e. The van der Waals surface area contributed by atoms with E-state index in [1.165, 1.54) is 43.9 Å². The molecule has 1 unspecified atom stereocenters. The molecule has 0 aromatic heterocycles. The second-order valence-electron chi connectivity index (χ2n) is 5.01. The predicted molar refractivity (Wildman–Crippen MR) is 121 cm³/mol. The molecule has 0 N–H and O–H groups in total. The third-order valence-electron chi connectivity index (χ3n) is 3.21. The van der Waals surface area contributed by atoms with Crippen molar-refractivity contribution in [3.63, 3.8) is 0 Å². The monoisotopic (exact) mass is 470 g/mol. The van der Waals surface area contributed by atoms with Gasteiger partial charge >= 0.3 is 5.97 Å². The maximum atomic E-state index is 10.9. The van der Waals surface area contributed by atoms with Crippen molar-refractivity contribution < 1.29 is 9.53 Å². The van der Waals surface area contributed by atoms with Gasteiger partial charge in [-0.05, 0) is 6.42 Å². The molecule has 0 bridgehead atoms. The van der Waals surface area contributed by atoms with Crippen molar-refractivity contribution in [2.24, 2.45) is 0 Å². The molecule has 0 aromatic carbocycles. The van der Waals surface area contributed by atoms with E-state index in [-0.39, 0.29) is 5.97 Å². The van der Waals surface area contributed by atoms with Crippen molar-refractivity contribution in [1.82, 2.24) is 0 Å². The van der Waals surface area contributed by atoms with Crippen molar-refractivity contribution >= 4 is 100 Å². The lowest BCUT2D eigenvalue weighted by Crippen LogP contribution is -2.14. The quantitative estimate of drug-likeness (QED) is 0.419. The highest BCUT2D eigenvalue weighted by atomic mass is 32.3. The molecule has 4 aliphatic rings. The van der Waals surface area contributed by atoms with Gasteiger partial charge in [0.2, 0.25) is 0 Å². The molecule has 0 saturated carbocycles. The lowest BCUT2D eigenvalue weighted by Gasteiger charge is -2.21. The number of carbonyl (C=O) groups is 1. The molecule has 0 fully saturated rings. The summed E-state index contributed by atoms with van der Waals surface area (Å²) in [4.78, 5) is 10.9. The Hall–Kier alpha value is 1.49. The first-order chi connectivity index (χ1) is 11.7. The third-order valence-corrected chi connectivity index (χ3v) is 15.6. The summed E-state index contributed by atoms with van der Waals surface area (Å²) < 4.78 is 14.0. The number of hydrogen-bond donors (Lipinski definition) is 0. The van der Waals surface area contributed by atoms with Crippen LogP contribution in [0.2, 0.25) is 0 Å². The molecule has 0 aromatic rings. The fraction of sp³-hybridized carbons (Fsp3) is 0.500. The van der Waals surface area contributed by atoms with Gasteiger partial charge in [-0.2, -0.15) is 0 Å². The Bertz CT molecular complexity index is 633. The van der Waals surface area contributed by atoms with Gasteiger partial charge in [0.05, 0.1) is 32.0 Å². The van der Waals surface area contributed by atoms with Crippen LogP contribution in [0.5, 0.6) is 0 Å². The van der Waals surface area contributed by atoms with Crippen molar-refractivity contribution in [2.45, 2.75) is 18.6 Å². The second-order valence-corrected chi connectivity index (χ2v) is 15.2. The van der Waals surface area contributed by atoms with Crippen LogP contribution in [0.3, 0.4) is 0 Å². The summed E-state index contributed by atoms with van der Waals surface area (Å²) in [5, 5.41) is 0.548. The molecule has 0 aliphatic carbocycles. The predicted octanol–water partition coefficient (Wildman–Crippen LogP) is 6.61. The Morgan fingerprint density at radius 1 is 0.917 bits per heavy atom. The van der Waals surface area contributed by atoms with E-state index in [0.29, 0.717) is 11.9 Å². The van der Waals surface area contributed by atoms with Gasteiger partial charge in [0.1, 0.15) is 0 Å². The Kier molecular flexibility index (Phi) is 6.80. The van der Waals surface area contributed by atoms with Crippen molar-refractivity contribution in [3.8, 4) is 0 Å². The molecule has 130 valence electrons. The Morgan fingerprint density at radius 3 is 2.12 bits per heavy atom. The molecule has 0 spiro atoms. The lowest BCUT2D eigenvalue weighted by atomic mass is 10.3. The van der Waals surface area contributed by atoms with Crippen LogP contribution in [0.25, 0.3) is 0 Å². The number of rotatable bonds is 3. The van der Waals surface area contributed by atoms with Gasteiger partial charge in [-0.25, -0.2) is 0 Å². The highest BCUT2D eigenvalue weighted by Crippen LogP contribution is 2.68. The Balaban J connectivity index is 1.35. The van der Waals surface area contributed by atoms with Crippen LogP contribution in [0, 0.1) is 0 Å². The van der Waals surface area contributed by atoms with Crippen LogP contribution in [-0.2, 0) is 9.53 Å². The van der Waals surface area contributed by atoms with Gasteiger partial charge in [0, 0.05) is 29.4 Å². The number of carbonyl (C=O) groups excluding carboxylic acids is 1. The molecule has 2 nitrogen and oxygen atoms in total. The van der Waals surface area contributed by atoms with Crippen LogP contribution in [-0.4, -0.2) is 35.1 Å². The zero-order valence-corrected chi connectivity index (χ0v) is 19.2. The minimum atomic E-state index is -0.177. The van der Waals surface area contributed by atoms with Crippen molar-refractivity contribution in [3.05, 3.63) is 25.4 Å². The highest BCUT2D eigenvalue weighted by Gasteiger charge is 2.34. The van der Waals surface area contributed by atoms with Gasteiger partial charge in [-0.1, -0.05) is 47.0 Å². The van der Waals surface area contributed by atoms with Gasteiger partial charge in [-0.3, -0.25) is 4.79 Å². The third kappa shape index (κ3) is 4.48. The van der Waals surface area contributed by atoms with E-state index in [1.807, 2.05) is 94.1 Å². The van der Waals surface area contributed by atoms with Gasteiger partial charge in [-0.15, -0.1) is 47.0 Å². The average Bonchev–Trinajstić information content (AvgIpc) is 3.17. The zero-order chi connectivity index (χ0) is 16.5. The SMILES string of the molecule is CC(=O)OCCC1CSC2=C(SC(=C3SC4=C(SCCS4)S3)S2)S1. The van der Waals surface area contributed by atoms with Crippen LogP contribution in [0.4, 0.5) is 0 Å². The molecule has 0 amide bonds. The number of hydrogen-bond acceptors (Lipinski definition) is 10. The largest absolute Gasteiger partial charge is 0.466 e. The summed E-state index contributed by atoms with van der Waals surface area (Å²) in [6.45, 7) is 2.02. The van der Waals surface area contributed by atoms with E-state index < -0.39 is 0 Å². The first-order valence-electron chi connectivity index (χ1n) is 7.31. The first kappa shape index (κ1) is 18.8. The average molecular weight is 471 g/mol. The topological polar surface area (TPSA) is 26.3 Å². The molecule has 10 heteroatoms. The first-order valence-corrected chi connectivity index (χ1v) is 14.4. The summed E-state index contributed by atoms with van der Waals surface area (Å²) in [7, 11) is 0. The van der Waals surface area contributed by atoms with E-state index in [0.717, 1.165) is 12.2 Å². The minimum absolute atomic E-state index is 0.177. The van der Waals surface area contributed by atoms with Crippen molar-refractivity contribution in [2.75, 3.05) is 23.9 Å². The van der Waals surface area contributed by atoms with E-state index in [1.54, 1.807) is 0 Å². The summed E-state index contributed by atoms with van der Waals surface area (Å²) in [5.41, 5.74) is 0.